The van der Waals surface area contributed by atoms with E-state index in [2.05, 4.69) is 15.6 Å². The fourth-order valence-electron chi connectivity index (χ4n) is 3.22. The standard InChI is InChI=1S/C23H17ClN4O5S/c1-12-18(22(32)33)34-23(25-12)27-19(29)14-7-9-15(10-8-14)26-17-16(24)20(30)28(21(17)31)11-13-5-3-2-4-6-13/h2-10,26H,11H2,1H3,(H,32,33)(H,25,27,29)/p-1. The molecular weight excluding hydrogens is 480 g/mol. The molecule has 0 unspecified atom stereocenters. The summed E-state index contributed by atoms with van der Waals surface area (Å²) in [4.78, 5) is 53.7. The van der Waals surface area contributed by atoms with Crippen molar-refractivity contribution in [1.82, 2.24) is 9.88 Å². The lowest BCUT2D eigenvalue weighted by atomic mass is 10.2. The van der Waals surface area contributed by atoms with Gasteiger partial charge in [0.05, 0.1) is 23.1 Å². The lowest BCUT2D eigenvalue weighted by Gasteiger charge is -2.15. The van der Waals surface area contributed by atoms with Gasteiger partial charge in [0.2, 0.25) is 0 Å². The fourth-order valence-corrected chi connectivity index (χ4v) is 4.25. The summed E-state index contributed by atoms with van der Waals surface area (Å²) < 4.78 is 0. The van der Waals surface area contributed by atoms with E-state index in [0.717, 1.165) is 21.8 Å². The zero-order valence-corrected chi connectivity index (χ0v) is 19.2. The van der Waals surface area contributed by atoms with Crippen molar-refractivity contribution in [3.63, 3.8) is 0 Å². The van der Waals surface area contributed by atoms with Crippen molar-refractivity contribution in [2.45, 2.75) is 13.5 Å². The van der Waals surface area contributed by atoms with E-state index < -0.39 is 23.7 Å². The lowest BCUT2D eigenvalue weighted by molar-refractivity contribution is -0.254. The summed E-state index contributed by atoms with van der Waals surface area (Å²) in [5.41, 5.74) is 1.70. The minimum Gasteiger partial charge on any atom is -0.544 e. The summed E-state index contributed by atoms with van der Waals surface area (Å²) in [6.07, 6.45) is 0. The van der Waals surface area contributed by atoms with Crippen molar-refractivity contribution in [2.24, 2.45) is 0 Å². The molecule has 0 radical (unpaired) electrons. The Morgan fingerprint density at radius 2 is 1.74 bits per heavy atom. The van der Waals surface area contributed by atoms with Crippen molar-refractivity contribution in [2.75, 3.05) is 10.6 Å². The van der Waals surface area contributed by atoms with Crippen molar-refractivity contribution >= 4 is 57.4 Å². The fraction of sp³-hybridized carbons (Fsp3) is 0.0870. The van der Waals surface area contributed by atoms with Crippen molar-refractivity contribution < 1.29 is 24.3 Å². The Labute approximate surface area is 202 Å². The highest BCUT2D eigenvalue weighted by Crippen LogP contribution is 2.27. The molecule has 1 aliphatic heterocycles. The van der Waals surface area contributed by atoms with Crippen LogP contribution in [-0.2, 0) is 16.1 Å². The quantitative estimate of drug-likeness (QED) is 0.481. The molecule has 2 heterocycles. The molecule has 2 N–H and O–H groups in total. The number of aromatic carboxylic acids is 1. The molecule has 9 nitrogen and oxygen atoms in total. The number of nitrogens with zero attached hydrogens (tertiary/aromatic N) is 2. The van der Waals surface area contributed by atoms with Gasteiger partial charge in [-0.05, 0) is 36.8 Å². The first-order chi connectivity index (χ1) is 16.2. The van der Waals surface area contributed by atoms with Crippen molar-refractivity contribution in [3.05, 3.63) is 87.0 Å². The van der Waals surface area contributed by atoms with Crippen LogP contribution >= 0.6 is 22.9 Å². The zero-order chi connectivity index (χ0) is 24.4. The van der Waals surface area contributed by atoms with Crippen LogP contribution in [-0.4, -0.2) is 33.6 Å². The van der Waals surface area contributed by atoms with Gasteiger partial charge in [-0.2, -0.15) is 0 Å². The minimum absolute atomic E-state index is 0.0483. The Morgan fingerprint density at radius 3 is 2.35 bits per heavy atom. The first-order valence-corrected chi connectivity index (χ1v) is 11.1. The number of rotatable bonds is 7. The number of hydrogen-bond acceptors (Lipinski definition) is 8. The lowest BCUT2D eigenvalue weighted by Crippen LogP contribution is -2.31. The van der Waals surface area contributed by atoms with Gasteiger partial charge in [-0.25, -0.2) is 4.98 Å². The second kappa shape index (κ2) is 9.46. The molecule has 0 fully saturated rings. The summed E-state index contributed by atoms with van der Waals surface area (Å²) in [6.45, 7) is 1.60. The average molecular weight is 496 g/mol. The minimum atomic E-state index is -1.36. The number of halogens is 1. The van der Waals surface area contributed by atoms with Crippen molar-refractivity contribution in [1.29, 1.82) is 0 Å². The number of nitrogens with one attached hydrogen (secondary N) is 2. The Hall–Kier alpha value is -4.02. The summed E-state index contributed by atoms with van der Waals surface area (Å²) in [6, 6.07) is 15.1. The predicted molar refractivity (Wildman–Crippen MR) is 124 cm³/mol. The first-order valence-electron chi connectivity index (χ1n) is 9.91. The van der Waals surface area contributed by atoms with Gasteiger partial charge in [-0.15, -0.1) is 0 Å². The molecule has 4 rings (SSSR count). The van der Waals surface area contributed by atoms with E-state index >= 15 is 0 Å². The Morgan fingerprint density at radius 1 is 1.06 bits per heavy atom. The van der Waals surface area contributed by atoms with E-state index in [1.165, 1.54) is 19.1 Å². The van der Waals surface area contributed by atoms with Crippen LogP contribution in [0.4, 0.5) is 10.8 Å². The van der Waals surface area contributed by atoms with Crippen LogP contribution in [0.2, 0.25) is 0 Å². The number of carbonyl (C=O) groups excluding carboxylic acids is 4. The second-order valence-electron chi connectivity index (χ2n) is 7.25. The Bertz CT molecular complexity index is 1340. The molecule has 0 atom stereocenters. The number of amides is 3. The van der Waals surface area contributed by atoms with Crippen LogP contribution < -0.4 is 15.7 Å². The summed E-state index contributed by atoms with van der Waals surface area (Å²) in [5.74, 6) is -3.00. The van der Waals surface area contributed by atoms with Crippen LogP contribution in [0, 0.1) is 6.92 Å². The molecule has 1 aromatic heterocycles. The first kappa shape index (κ1) is 23.1. The van der Waals surface area contributed by atoms with Crippen LogP contribution in [0.15, 0.2) is 65.3 Å². The summed E-state index contributed by atoms with van der Waals surface area (Å²) in [5, 5.41) is 16.3. The van der Waals surface area contributed by atoms with Gasteiger partial charge in [0, 0.05) is 11.3 Å². The number of anilines is 2. The van der Waals surface area contributed by atoms with Crippen LogP contribution in [0.5, 0.6) is 0 Å². The molecule has 172 valence electrons. The normalized spacial score (nSPS) is 13.4. The highest BCUT2D eigenvalue weighted by Gasteiger charge is 2.37. The number of benzene rings is 2. The molecule has 0 saturated heterocycles. The third-order valence-corrected chi connectivity index (χ3v) is 6.32. The van der Waals surface area contributed by atoms with E-state index in [1.54, 1.807) is 24.3 Å². The maximum absolute atomic E-state index is 12.8. The molecule has 3 aromatic rings. The van der Waals surface area contributed by atoms with Crippen LogP contribution in [0.3, 0.4) is 0 Å². The molecular formula is C23H16ClN4O5S-. The molecule has 1 aliphatic rings. The summed E-state index contributed by atoms with van der Waals surface area (Å²) >= 11 is 6.94. The van der Waals surface area contributed by atoms with Gasteiger partial charge in [0.15, 0.2) is 5.13 Å². The van der Waals surface area contributed by atoms with Gasteiger partial charge in [-0.1, -0.05) is 53.3 Å². The molecule has 0 bridgehead atoms. The van der Waals surface area contributed by atoms with Gasteiger partial charge >= 0.3 is 0 Å². The smallest absolute Gasteiger partial charge is 0.279 e. The van der Waals surface area contributed by atoms with Gasteiger partial charge in [0.25, 0.3) is 17.7 Å². The SMILES string of the molecule is Cc1nc(NC(=O)c2ccc(NC3=C(Cl)C(=O)N(Cc4ccccc4)C3=O)cc2)sc1C(=O)[O-]. The predicted octanol–water partition coefficient (Wildman–Crippen LogP) is 2.50. The molecule has 0 spiro atoms. The molecule has 2 aromatic carbocycles. The summed E-state index contributed by atoms with van der Waals surface area (Å²) in [7, 11) is 0. The van der Waals surface area contributed by atoms with Crippen LogP contribution in [0.25, 0.3) is 0 Å². The van der Waals surface area contributed by atoms with Gasteiger partial charge in [0.1, 0.15) is 10.7 Å². The number of carboxylic acids is 1. The van der Waals surface area contributed by atoms with Crippen molar-refractivity contribution in [3.8, 4) is 0 Å². The zero-order valence-electron chi connectivity index (χ0n) is 17.6. The molecule has 0 saturated carbocycles. The average Bonchev–Trinajstić information content (AvgIpc) is 3.28. The highest BCUT2D eigenvalue weighted by atomic mass is 35.5. The Kier molecular flexibility index (Phi) is 6.44. The molecule has 11 heteroatoms. The highest BCUT2D eigenvalue weighted by molar-refractivity contribution is 7.17. The maximum atomic E-state index is 12.8. The second-order valence-corrected chi connectivity index (χ2v) is 8.63. The monoisotopic (exact) mass is 495 g/mol. The number of aryl methyl sites for hydroxylation is 1. The van der Waals surface area contributed by atoms with E-state index in [4.69, 9.17) is 11.6 Å². The molecule has 0 aliphatic carbocycles. The van der Waals surface area contributed by atoms with E-state index in [1.807, 2.05) is 18.2 Å². The van der Waals surface area contributed by atoms with Gasteiger partial charge in [-0.3, -0.25) is 24.6 Å². The molecule has 3 amide bonds. The number of thiazole rings is 1. The number of imide groups is 1. The van der Waals surface area contributed by atoms with E-state index in [-0.39, 0.29) is 38.5 Å². The van der Waals surface area contributed by atoms with E-state index in [0.29, 0.717) is 5.69 Å². The third kappa shape index (κ3) is 4.68. The maximum Gasteiger partial charge on any atom is 0.279 e. The van der Waals surface area contributed by atoms with Gasteiger partial charge < -0.3 is 15.2 Å². The largest absolute Gasteiger partial charge is 0.544 e. The number of carbonyl (C=O) groups is 4. The number of hydrogen-bond donors (Lipinski definition) is 2. The number of carboxylic acid groups (broad SMARTS) is 1. The topological polar surface area (TPSA) is 132 Å². The third-order valence-electron chi connectivity index (χ3n) is 4.91. The number of aromatic nitrogens is 1. The molecule has 34 heavy (non-hydrogen) atoms. The Balaban J connectivity index is 1.43. The van der Waals surface area contributed by atoms with E-state index in [9.17, 15) is 24.3 Å². The van der Waals surface area contributed by atoms with Crippen LogP contribution in [0.1, 0.15) is 31.3 Å².